The lowest BCUT2D eigenvalue weighted by atomic mass is 10.3. The molecule has 0 fully saturated rings. The highest BCUT2D eigenvalue weighted by Gasteiger charge is 2.10. The highest BCUT2D eigenvalue weighted by Crippen LogP contribution is 2.10. The molecule has 0 atom stereocenters. The van der Waals surface area contributed by atoms with Gasteiger partial charge >= 0.3 is 0 Å². The van der Waals surface area contributed by atoms with E-state index in [4.69, 9.17) is 10.9 Å². The van der Waals surface area contributed by atoms with Crippen molar-refractivity contribution in [2.45, 2.75) is 13.8 Å². The number of nitrogens with zero attached hydrogens (tertiary/aromatic N) is 4. The van der Waals surface area contributed by atoms with E-state index in [0.717, 1.165) is 11.4 Å². The Morgan fingerprint density at radius 2 is 2.00 bits per heavy atom. The second-order valence-electron chi connectivity index (χ2n) is 3.70. The van der Waals surface area contributed by atoms with E-state index in [-0.39, 0.29) is 5.84 Å². The Labute approximate surface area is 98.4 Å². The number of hydrogen-bond acceptors (Lipinski definition) is 4. The molecule has 0 unspecified atom stereocenters. The third-order valence-electron chi connectivity index (χ3n) is 2.30. The van der Waals surface area contributed by atoms with E-state index < -0.39 is 0 Å². The predicted octanol–water partition coefficient (Wildman–Crippen LogP) is 0.979. The summed E-state index contributed by atoms with van der Waals surface area (Å²) in [6.45, 7) is 3.79. The van der Waals surface area contributed by atoms with E-state index >= 15 is 0 Å². The standard InChI is InChI=1S/C11H13N5O/c1-7-6-8(2)14-11(13-7)16-5-3-4-9(16)10(12)15-17/h3-6,17H,1-2H3,(H2,12,15). The van der Waals surface area contributed by atoms with Gasteiger partial charge in [0.2, 0.25) is 5.95 Å². The van der Waals surface area contributed by atoms with Crippen molar-refractivity contribution in [1.82, 2.24) is 14.5 Å². The Bertz CT molecular complexity index is 553. The minimum absolute atomic E-state index is 0.0257. The molecule has 0 radical (unpaired) electrons. The van der Waals surface area contributed by atoms with Gasteiger partial charge in [-0.3, -0.25) is 4.57 Å². The van der Waals surface area contributed by atoms with Crippen molar-refractivity contribution in [1.29, 1.82) is 0 Å². The van der Waals surface area contributed by atoms with Gasteiger partial charge in [0.25, 0.3) is 0 Å². The first-order valence-electron chi connectivity index (χ1n) is 5.09. The first-order valence-corrected chi connectivity index (χ1v) is 5.09. The van der Waals surface area contributed by atoms with Crippen LogP contribution in [-0.4, -0.2) is 25.6 Å². The van der Waals surface area contributed by atoms with E-state index in [1.807, 2.05) is 19.9 Å². The van der Waals surface area contributed by atoms with Gasteiger partial charge in [0.05, 0.1) is 5.69 Å². The minimum atomic E-state index is 0.0257. The van der Waals surface area contributed by atoms with Crippen molar-refractivity contribution in [3.63, 3.8) is 0 Å². The lowest BCUT2D eigenvalue weighted by molar-refractivity contribution is 0.318. The molecule has 0 aliphatic carbocycles. The largest absolute Gasteiger partial charge is 0.409 e. The number of amidine groups is 1. The normalized spacial score (nSPS) is 11.8. The zero-order chi connectivity index (χ0) is 12.4. The van der Waals surface area contributed by atoms with Gasteiger partial charge in [0.1, 0.15) is 0 Å². The summed E-state index contributed by atoms with van der Waals surface area (Å²) in [6.07, 6.45) is 1.77. The fourth-order valence-corrected chi connectivity index (χ4v) is 1.63. The molecule has 3 N–H and O–H groups in total. The smallest absolute Gasteiger partial charge is 0.234 e. The summed E-state index contributed by atoms with van der Waals surface area (Å²) in [4.78, 5) is 8.63. The Kier molecular flexibility index (Phi) is 2.78. The van der Waals surface area contributed by atoms with Gasteiger partial charge in [-0.05, 0) is 32.0 Å². The molecule has 0 aliphatic heterocycles. The van der Waals surface area contributed by atoms with Crippen molar-refractivity contribution >= 4 is 5.84 Å². The highest BCUT2D eigenvalue weighted by atomic mass is 16.4. The van der Waals surface area contributed by atoms with E-state index in [1.165, 1.54) is 0 Å². The van der Waals surface area contributed by atoms with Crippen LogP contribution in [-0.2, 0) is 0 Å². The molecular weight excluding hydrogens is 218 g/mol. The van der Waals surface area contributed by atoms with Crippen molar-refractivity contribution in [3.8, 4) is 5.95 Å². The average Bonchev–Trinajstić information content (AvgIpc) is 2.75. The van der Waals surface area contributed by atoms with Crippen LogP contribution in [0, 0.1) is 13.8 Å². The van der Waals surface area contributed by atoms with Crippen molar-refractivity contribution in [3.05, 3.63) is 41.5 Å². The highest BCUT2D eigenvalue weighted by molar-refractivity contribution is 5.96. The van der Waals surface area contributed by atoms with E-state index in [0.29, 0.717) is 11.6 Å². The number of rotatable bonds is 2. The van der Waals surface area contributed by atoms with E-state index in [1.54, 1.807) is 22.9 Å². The van der Waals surface area contributed by atoms with Crippen LogP contribution in [0.25, 0.3) is 5.95 Å². The average molecular weight is 231 g/mol. The molecule has 2 aromatic rings. The molecule has 2 heterocycles. The van der Waals surface area contributed by atoms with Gasteiger partial charge in [0.15, 0.2) is 5.84 Å². The zero-order valence-electron chi connectivity index (χ0n) is 9.62. The van der Waals surface area contributed by atoms with Gasteiger partial charge in [-0.1, -0.05) is 5.16 Å². The molecule has 0 saturated heterocycles. The number of aromatic nitrogens is 3. The Hall–Kier alpha value is -2.37. The second kappa shape index (κ2) is 4.25. The van der Waals surface area contributed by atoms with Crippen LogP contribution in [0.1, 0.15) is 17.1 Å². The summed E-state index contributed by atoms with van der Waals surface area (Å²) in [6, 6.07) is 5.40. The third kappa shape index (κ3) is 2.10. The summed E-state index contributed by atoms with van der Waals surface area (Å²) >= 11 is 0. The first-order chi connectivity index (χ1) is 8.11. The number of oxime groups is 1. The van der Waals surface area contributed by atoms with Crippen LogP contribution in [0.2, 0.25) is 0 Å². The summed E-state index contributed by atoms with van der Waals surface area (Å²) < 4.78 is 1.68. The van der Waals surface area contributed by atoms with E-state index in [9.17, 15) is 0 Å². The topological polar surface area (TPSA) is 89.3 Å². The lowest BCUT2D eigenvalue weighted by Crippen LogP contribution is -2.18. The molecule has 0 bridgehead atoms. The molecular formula is C11H13N5O. The van der Waals surface area contributed by atoms with Crippen LogP contribution in [0.5, 0.6) is 0 Å². The van der Waals surface area contributed by atoms with Crippen molar-refractivity contribution in [2.75, 3.05) is 0 Å². The molecule has 88 valence electrons. The van der Waals surface area contributed by atoms with Crippen LogP contribution >= 0.6 is 0 Å². The number of nitrogens with two attached hydrogens (primary N) is 1. The van der Waals surface area contributed by atoms with Crippen LogP contribution < -0.4 is 5.73 Å². The summed E-state index contributed by atoms with van der Waals surface area (Å²) in [7, 11) is 0. The third-order valence-corrected chi connectivity index (χ3v) is 2.30. The number of hydrogen-bond donors (Lipinski definition) is 2. The monoisotopic (exact) mass is 231 g/mol. The van der Waals surface area contributed by atoms with Crippen LogP contribution in [0.4, 0.5) is 0 Å². The maximum Gasteiger partial charge on any atom is 0.234 e. The fraction of sp³-hybridized carbons (Fsp3) is 0.182. The molecule has 0 saturated carbocycles. The first kappa shape index (κ1) is 11.1. The molecule has 0 spiro atoms. The SMILES string of the molecule is Cc1cc(C)nc(-n2cccc2/C(N)=N/O)n1. The summed E-state index contributed by atoms with van der Waals surface area (Å²) in [5.41, 5.74) is 7.86. The Balaban J connectivity index is 2.57. The maximum absolute atomic E-state index is 8.70. The van der Waals surface area contributed by atoms with Gasteiger partial charge in [-0.2, -0.15) is 0 Å². The van der Waals surface area contributed by atoms with Gasteiger partial charge in [-0.15, -0.1) is 0 Å². The molecule has 6 nitrogen and oxygen atoms in total. The van der Waals surface area contributed by atoms with Gasteiger partial charge in [0, 0.05) is 17.6 Å². The Morgan fingerprint density at radius 1 is 1.35 bits per heavy atom. The Morgan fingerprint density at radius 3 is 2.59 bits per heavy atom. The molecule has 2 rings (SSSR count). The second-order valence-corrected chi connectivity index (χ2v) is 3.70. The zero-order valence-corrected chi connectivity index (χ0v) is 9.62. The molecule has 0 aliphatic rings. The number of aryl methyl sites for hydroxylation is 2. The van der Waals surface area contributed by atoms with Crippen molar-refractivity contribution < 1.29 is 5.21 Å². The minimum Gasteiger partial charge on any atom is -0.409 e. The quantitative estimate of drug-likeness (QED) is 0.349. The van der Waals surface area contributed by atoms with Crippen molar-refractivity contribution in [2.24, 2.45) is 10.9 Å². The summed E-state index contributed by atoms with van der Waals surface area (Å²) in [5, 5.41) is 11.7. The lowest BCUT2D eigenvalue weighted by Gasteiger charge is -2.07. The summed E-state index contributed by atoms with van der Waals surface area (Å²) in [5.74, 6) is 0.534. The van der Waals surface area contributed by atoms with Gasteiger partial charge in [-0.25, -0.2) is 9.97 Å². The fourth-order valence-electron chi connectivity index (χ4n) is 1.63. The van der Waals surface area contributed by atoms with E-state index in [2.05, 4.69) is 15.1 Å². The molecule has 2 aromatic heterocycles. The van der Waals surface area contributed by atoms with Crippen LogP contribution in [0.3, 0.4) is 0 Å². The molecule has 17 heavy (non-hydrogen) atoms. The van der Waals surface area contributed by atoms with Gasteiger partial charge < -0.3 is 10.9 Å². The predicted molar refractivity (Wildman–Crippen MR) is 63.3 cm³/mol. The maximum atomic E-state index is 8.70. The van der Waals surface area contributed by atoms with Crippen LogP contribution in [0.15, 0.2) is 29.6 Å². The molecule has 0 aromatic carbocycles. The molecule has 6 heteroatoms. The molecule has 0 amide bonds.